The van der Waals surface area contributed by atoms with Gasteiger partial charge in [0.2, 0.25) is 0 Å². The molecule has 0 saturated heterocycles. The van der Waals surface area contributed by atoms with E-state index in [0.29, 0.717) is 22.9 Å². The van der Waals surface area contributed by atoms with Crippen LogP contribution < -0.4 is 10.6 Å². The highest BCUT2D eigenvalue weighted by Crippen LogP contribution is 2.38. The Balaban J connectivity index is 1.86. The second-order valence-electron chi connectivity index (χ2n) is 6.49. The molecule has 7 nitrogen and oxygen atoms in total. The van der Waals surface area contributed by atoms with Crippen LogP contribution in [0.25, 0.3) is 0 Å². The number of hydrogen-bond donors (Lipinski definition) is 2. The molecule has 0 amide bonds. The van der Waals surface area contributed by atoms with E-state index in [1.807, 2.05) is 0 Å². The van der Waals surface area contributed by atoms with Crippen LogP contribution in [-0.2, 0) is 17.6 Å². The summed E-state index contributed by atoms with van der Waals surface area (Å²) in [4.78, 5) is 24.5. The van der Waals surface area contributed by atoms with E-state index in [2.05, 4.69) is 10.6 Å². The zero-order chi connectivity index (χ0) is 20.3. The average Bonchev–Trinajstić information content (AvgIpc) is 3.00. The van der Waals surface area contributed by atoms with Crippen molar-refractivity contribution < 1.29 is 14.5 Å². The summed E-state index contributed by atoms with van der Waals surface area (Å²) >= 11 is 6.85. The standard InChI is InChI=1S/C19H21N3O4S2/c1-3-26-18(23)16-12-6-4-5-7-15(12)28-17(16)21-19(27)20-13-9-8-11(2)10-14(13)22(24)25/h8-10H,3-7H2,1-2H3,(H2,20,21,27). The molecular formula is C19H21N3O4S2. The number of nitro groups is 1. The van der Waals surface area contributed by atoms with Gasteiger partial charge in [0, 0.05) is 10.9 Å². The van der Waals surface area contributed by atoms with Crippen LogP contribution in [-0.4, -0.2) is 22.6 Å². The number of nitrogens with one attached hydrogen (secondary N) is 2. The number of hydrogen-bond acceptors (Lipinski definition) is 6. The van der Waals surface area contributed by atoms with E-state index in [0.717, 1.165) is 36.8 Å². The highest BCUT2D eigenvalue weighted by atomic mass is 32.1. The molecule has 0 radical (unpaired) electrons. The Morgan fingerprint density at radius 2 is 2.07 bits per heavy atom. The van der Waals surface area contributed by atoms with Crippen LogP contribution in [0.1, 0.15) is 46.1 Å². The monoisotopic (exact) mass is 419 g/mol. The fraction of sp³-hybridized carbons (Fsp3) is 0.368. The van der Waals surface area contributed by atoms with Gasteiger partial charge in [0.05, 0.1) is 17.1 Å². The van der Waals surface area contributed by atoms with E-state index in [4.69, 9.17) is 17.0 Å². The number of ether oxygens (including phenoxy) is 1. The lowest BCUT2D eigenvalue weighted by molar-refractivity contribution is -0.383. The van der Waals surface area contributed by atoms with Crippen LogP contribution >= 0.6 is 23.6 Å². The van der Waals surface area contributed by atoms with Gasteiger partial charge in [-0.15, -0.1) is 11.3 Å². The van der Waals surface area contributed by atoms with E-state index in [1.54, 1.807) is 26.0 Å². The molecule has 2 aromatic rings. The SMILES string of the molecule is CCOC(=O)c1c(NC(=S)Nc2ccc(C)cc2[N+](=O)[O-])sc2c1CCCC2. The summed E-state index contributed by atoms with van der Waals surface area (Å²) in [6.07, 6.45) is 3.89. The number of benzene rings is 1. The Bertz CT molecular complexity index is 940. The molecule has 0 unspecified atom stereocenters. The van der Waals surface area contributed by atoms with Gasteiger partial charge in [-0.1, -0.05) is 6.07 Å². The third-order valence-corrected chi connectivity index (χ3v) is 5.89. The van der Waals surface area contributed by atoms with Crippen molar-refractivity contribution in [2.24, 2.45) is 0 Å². The number of nitro benzene ring substituents is 1. The molecule has 0 bridgehead atoms. The van der Waals surface area contributed by atoms with E-state index in [1.165, 1.54) is 22.3 Å². The second-order valence-corrected chi connectivity index (χ2v) is 8.01. The normalized spacial score (nSPS) is 12.8. The van der Waals surface area contributed by atoms with Crippen molar-refractivity contribution >= 4 is 51.0 Å². The molecule has 1 aromatic heterocycles. The van der Waals surface area contributed by atoms with Crippen molar-refractivity contribution in [2.45, 2.75) is 39.5 Å². The maximum atomic E-state index is 12.5. The van der Waals surface area contributed by atoms with E-state index in [9.17, 15) is 14.9 Å². The number of rotatable bonds is 5. The third-order valence-electron chi connectivity index (χ3n) is 4.48. The zero-order valence-electron chi connectivity index (χ0n) is 15.7. The molecule has 1 aromatic carbocycles. The maximum absolute atomic E-state index is 12.5. The van der Waals surface area contributed by atoms with Crippen molar-refractivity contribution in [1.82, 2.24) is 0 Å². The van der Waals surface area contributed by atoms with Gasteiger partial charge in [0.25, 0.3) is 5.69 Å². The van der Waals surface area contributed by atoms with E-state index < -0.39 is 4.92 Å². The van der Waals surface area contributed by atoms with Crippen molar-refractivity contribution in [2.75, 3.05) is 17.2 Å². The number of carbonyl (C=O) groups is 1. The van der Waals surface area contributed by atoms with Crippen molar-refractivity contribution in [1.29, 1.82) is 0 Å². The van der Waals surface area contributed by atoms with Crippen molar-refractivity contribution in [3.05, 3.63) is 49.9 Å². The Morgan fingerprint density at radius 3 is 2.79 bits per heavy atom. The lowest BCUT2D eigenvalue weighted by Gasteiger charge is -2.13. The summed E-state index contributed by atoms with van der Waals surface area (Å²) in [7, 11) is 0. The minimum atomic E-state index is -0.453. The smallest absolute Gasteiger partial charge is 0.341 e. The first-order chi connectivity index (χ1) is 13.4. The summed E-state index contributed by atoms with van der Waals surface area (Å²) in [6, 6.07) is 4.87. The number of aryl methyl sites for hydroxylation is 2. The fourth-order valence-corrected chi connectivity index (χ4v) is 4.79. The molecule has 1 aliphatic carbocycles. The number of anilines is 2. The van der Waals surface area contributed by atoms with Crippen molar-refractivity contribution in [3.63, 3.8) is 0 Å². The Hall–Kier alpha value is -2.52. The van der Waals surface area contributed by atoms with Gasteiger partial charge in [-0.2, -0.15) is 0 Å². The van der Waals surface area contributed by atoms with Crippen LogP contribution in [0, 0.1) is 17.0 Å². The Morgan fingerprint density at radius 1 is 1.32 bits per heavy atom. The van der Waals surface area contributed by atoms with Gasteiger partial charge in [-0.3, -0.25) is 10.1 Å². The second kappa shape index (κ2) is 8.66. The molecule has 0 fully saturated rings. The molecule has 3 rings (SSSR count). The summed E-state index contributed by atoms with van der Waals surface area (Å²) in [6.45, 7) is 3.85. The maximum Gasteiger partial charge on any atom is 0.341 e. The summed E-state index contributed by atoms with van der Waals surface area (Å²) < 4.78 is 5.23. The molecule has 0 saturated carbocycles. The molecule has 1 aliphatic rings. The number of fused-ring (bicyclic) bond motifs is 1. The topological polar surface area (TPSA) is 93.5 Å². The van der Waals surface area contributed by atoms with E-state index >= 15 is 0 Å². The number of thiophene rings is 1. The zero-order valence-corrected chi connectivity index (χ0v) is 17.3. The lowest BCUT2D eigenvalue weighted by atomic mass is 9.95. The summed E-state index contributed by atoms with van der Waals surface area (Å²) in [5.74, 6) is -0.367. The van der Waals surface area contributed by atoms with Gasteiger partial charge in [-0.05, 0) is 68.9 Å². The lowest BCUT2D eigenvalue weighted by Crippen LogP contribution is -2.21. The van der Waals surface area contributed by atoms with Gasteiger partial charge in [0.15, 0.2) is 5.11 Å². The summed E-state index contributed by atoms with van der Waals surface area (Å²) in [5.41, 5.74) is 2.59. The molecule has 0 atom stereocenters. The minimum absolute atomic E-state index is 0.0553. The average molecular weight is 420 g/mol. The fourth-order valence-electron chi connectivity index (χ4n) is 3.23. The molecule has 28 heavy (non-hydrogen) atoms. The van der Waals surface area contributed by atoms with Gasteiger partial charge < -0.3 is 15.4 Å². The highest BCUT2D eigenvalue weighted by molar-refractivity contribution is 7.80. The predicted octanol–water partition coefficient (Wildman–Crippen LogP) is 4.83. The van der Waals surface area contributed by atoms with Crippen LogP contribution in [0.5, 0.6) is 0 Å². The molecule has 1 heterocycles. The summed E-state index contributed by atoms with van der Waals surface area (Å²) in [5, 5.41) is 18.0. The molecule has 2 N–H and O–H groups in total. The molecular weight excluding hydrogens is 398 g/mol. The van der Waals surface area contributed by atoms with Crippen LogP contribution in [0.15, 0.2) is 18.2 Å². The number of carbonyl (C=O) groups excluding carboxylic acids is 1. The largest absolute Gasteiger partial charge is 0.462 e. The number of esters is 1. The molecule has 148 valence electrons. The molecule has 9 heteroatoms. The number of thiocarbonyl (C=S) groups is 1. The first-order valence-corrected chi connectivity index (χ1v) is 10.3. The molecule has 0 spiro atoms. The van der Waals surface area contributed by atoms with Gasteiger partial charge in [-0.25, -0.2) is 4.79 Å². The first-order valence-electron chi connectivity index (χ1n) is 9.05. The molecule has 0 aliphatic heterocycles. The van der Waals surface area contributed by atoms with Crippen LogP contribution in [0.4, 0.5) is 16.4 Å². The van der Waals surface area contributed by atoms with Gasteiger partial charge >= 0.3 is 5.97 Å². The van der Waals surface area contributed by atoms with Crippen LogP contribution in [0.3, 0.4) is 0 Å². The highest BCUT2D eigenvalue weighted by Gasteiger charge is 2.27. The van der Waals surface area contributed by atoms with Crippen molar-refractivity contribution in [3.8, 4) is 0 Å². The Labute approximate surface area is 172 Å². The third kappa shape index (κ3) is 4.31. The van der Waals surface area contributed by atoms with Gasteiger partial charge in [0.1, 0.15) is 10.7 Å². The minimum Gasteiger partial charge on any atom is -0.462 e. The Kier molecular flexibility index (Phi) is 6.25. The quantitative estimate of drug-likeness (QED) is 0.310. The van der Waals surface area contributed by atoms with E-state index in [-0.39, 0.29) is 16.8 Å². The first kappa shape index (κ1) is 20.2. The number of nitrogens with zero attached hydrogens (tertiary/aromatic N) is 1. The van der Waals surface area contributed by atoms with Crippen LogP contribution in [0.2, 0.25) is 0 Å². The predicted molar refractivity (Wildman–Crippen MR) is 115 cm³/mol.